The van der Waals surface area contributed by atoms with Crippen LogP contribution in [0.1, 0.15) is 33.3 Å². The number of aliphatic hydroxyl groups excluding tert-OH is 1. The molecular weight excluding hydrogens is 454 g/mol. The van der Waals surface area contributed by atoms with Crippen LogP contribution in [-0.4, -0.2) is 42.5 Å². The van der Waals surface area contributed by atoms with Crippen molar-refractivity contribution in [3.8, 4) is 17.2 Å². The summed E-state index contributed by atoms with van der Waals surface area (Å²) in [6.07, 6.45) is 1.78. The van der Waals surface area contributed by atoms with Crippen LogP contribution in [0.25, 0.3) is 6.08 Å². The number of carbonyl (C=O) groups excluding carboxylic acids is 1. The summed E-state index contributed by atoms with van der Waals surface area (Å²) in [6.45, 7) is 9.21. The fourth-order valence-electron chi connectivity index (χ4n) is 3.20. The van der Waals surface area contributed by atoms with Crippen LogP contribution in [0.2, 0.25) is 0 Å². The summed E-state index contributed by atoms with van der Waals surface area (Å²) >= 11 is 1.20. The Bertz CT molecular complexity index is 1100. The number of rotatable bonds is 10. The van der Waals surface area contributed by atoms with E-state index in [1.54, 1.807) is 25.1 Å². The SMILES string of the molecule is CCOC(=O)C1=C(O)/C(=C\c2ccc(OCC)c(OCC)c2)SC1=Nc1ccc(OCC)cc1. The van der Waals surface area contributed by atoms with Crippen LogP contribution >= 0.6 is 11.8 Å². The first-order valence-electron chi connectivity index (χ1n) is 11.2. The molecule has 180 valence electrons. The first-order valence-corrected chi connectivity index (χ1v) is 12.0. The summed E-state index contributed by atoms with van der Waals surface area (Å²) in [7, 11) is 0. The topological polar surface area (TPSA) is 86.6 Å². The molecule has 0 spiro atoms. The van der Waals surface area contributed by atoms with Crippen molar-refractivity contribution in [2.45, 2.75) is 27.7 Å². The Morgan fingerprint density at radius 1 is 0.912 bits per heavy atom. The van der Waals surface area contributed by atoms with E-state index < -0.39 is 5.97 Å². The molecule has 0 aliphatic carbocycles. The molecule has 2 aromatic rings. The molecule has 0 saturated carbocycles. The van der Waals surface area contributed by atoms with Gasteiger partial charge in [0, 0.05) is 0 Å². The van der Waals surface area contributed by atoms with E-state index in [9.17, 15) is 9.90 Å². The van der Waals surface area contributed by atoms with Crippen LogP contribution in [0, 0.1) is 0 Å². The Morgan fingerprint density at radius 3 is 2.24 bits per heavy atom. The lowest BCUT2D eigenvalue weighted by Gasteiger charge is -2.11. The maximum Gasteiger partial charge on any atom is 0.344 e. The second kappa shape index (κ2) is 12.2. The minimum Gasteiger partial charge on any atom is -0.506 e. The fraction of sp³-hybridized carbons (Fsp3) is 0.308. The lowest BCUT2D eigenvalue weighted by molar-refractivity contribution is -0.138. The minimum absolute atomic E-state index is 0.0444. The average molecular weight is 484 g/mol. The quantitative estimate of drug-likeness (QED) is 0.410. The van der Waals surface area contributed by atoms with Gasteiger partial charge in [-0.1, -0.05) is 17.8 Å². The van der Waals surface area contributed by atoms with Gasteiger partial charge >= 0.3 is 5.97 Å². The zero-order chi connectivity index (χ0) is 24.5. The lowest BCUT2D eigenvalue weighted by atomic mass is 10.1. The van der Waals surface area contributed by atoms with E-state index in [-0.39, 0.29) is 17.9 Å². The Kier molecular flexibility index (Phi) is 9.04. The summed E-state index contributed by atoms with van der Waals surface area (Å²) in [6, 6.07) is 12.7. The highest BCUT2D eigenvalue weighted by Crippen LogP contribution is 2.41. The van der Waals surface area contributed by atoms with Gasteiger partial charge in [0.15, 0.2) is 11.5 Å². The van der Waals surface area contributed by atoms with Crippen LogP contribution in [0.3, 0.4) is 0 Å². The smallest absolute Gasteiger partial charge is 0.344 e. The number of benzene rings is 2. The number of aliphatic imine (C=N–C) groups is 1. The summed E-state index contributed by atoms with van der Waals surface area (Å²) in [5, 5.41) is 11.3. The maximum atomic E-state index is 12.6. The van der Waals surface area contributed by atoms with Gasteiger partial charge in [0.05, 0.1) is 37.0 Å². The summed E-state index contributed by atoms with van der Waals surface area (Å²) < 4.78 is 22.0. The number of carbonyl (C=O) groups is 1. The second-order valence-electron chi connectivity index (χ2n) is 6.97. The van der Waals surface area contributed by atoms with Crippen molar-refractivity contribution in [1.82, 2.24) is 0 Å². The van der Waals surface area contributed by atoms with Gasteiger partial charge in [-0.25, -0.2) is 9.79 Å². The first kappa shape index (κ1) is 25.2. The third kappa shape index (κ3) is 6.14. The molecule has 1 aliphatic heterocycles. The van der Waals surface area contributed by atoms with Crippen molar-refractivity contribution in [2.75, 3.05) is 26.4 Å². The Hall–Kier alpha value is -3.39. The molecule has 7 nitrogen and oxygen atoms in total. The highest BCUT2D eigenvalue weighted by Gasteiger charge is 2.33. The van der Waals surface area contributed by atoms with E-state index in [4.69, 9.17) is 18.9 Å². The summed E-state index contributed by atoms with van der Waals surface area (Å²) in [5.74, 6) is 1.20. The molecule has 8 heteroatoms. The van der Waals surface area contributed by atoms with Gasteiger partial charge in [-0.15, -0.1) is 0 Å². The maximum absolute atomic E-state index is 12.6. The van der Waals surface area contributed by atoms with Gasteiger partial charge < -0.3 is 24.1 Å². The van der Waals surface area contributed by atoms with E-state index in [0.717, 1.165) is 11.3 Å². The van der Waals surface area contributed by atoms with E-state index in [1.807, 2.05) is 51.1 Å². The van der Waals surface area contributed by atoms with Crippen molar-refractivity contribution in [2.24, 2.45) is 4.99 Å². The van der Waals surface area contributed by atoms with E-state index in [2.05, 4.69) is 4.99 Å². The first-order chi connectivity index (χ1) is 16.5. The molecular formula is C26H29NO6S. The van der Waals surface area contributed by atoms with Crippen molar-refractivity contribution < 1.29 is 28.8 Å². The standard InChI is InChI=1S/C26H29NO6S/c1-5-30-19-12-10-18(11-13-19)27-25-23(26(29)33-8-4)24(28)22(34-25)16-17-9-14-20(31-6-2)21(15-17)32-7-3/h9-16,28H,5-8H2,1-4H3/b22-16+,27-25?. The number of esters is 1. The van der Waals surface area contributed by atoms with Gasteiger partial charge in [-0.2, -0.15) is 0 Å². The molecule has 34 heavy (non-hydrogen) atoms. The summed E-state index contributed by atoms with van der Waals surface area (Å²) in [5.41, 5.74) is 1.45. The van der Waals surface area contributed by atoms with Crippen molar-refractivity contribution in [3.05, 3.63) is 64.3 Å². The highest BCUT2D eigenvalue weighted by molar-refractivity contribution is 8.18. The van der Waals surface area contributed by atoms with Crippen LogP contribution in [0.4, 0.5) is 5.69 Å². The van der Waals surface area contributed by atoms with Gasteiger partial charge in [0.2, 0.25) is 0 Å². The molecule has 0 radical (unpaired) electrons. The van der Waals surface area contributed by atoms with Crippen molar-refractivity contribution >= 4 is 34.5 Å². The van der Waals surface area contributed by atoms with E-state index >= 15 is 0 Å². The molecule has 1 heterocycles. The Morgan fingerprint density at radius 2 is 1.59 bits per heavy atom. The monoisotopic (exact) mass is 483 g/mol. The van der Waals surface area contributed by atoms with Crippen LogP contribution in [0.5, 0.6) is 17.2 Å². The molecule has 0 bridgehead atoms. The van der Waals surface area contributed by atoms with E-state index in [1.165, 1.54) is 11.8 Å². The van der Waals surface area contributed by atoms with Crippen LogP contribution < -0.4 is 14.2 Å². The second-order valence-corrected chi connectivity index (χ2v) is 8.00. The molecule has 0 unspecified atom stereocenters. The molecule has 1 aliphatic rings. The Labute approximate surface area is 204 Å². The number of ether oxygens (including phenoxy) is 4. The zero-order valence-electron chi connectivity index (χ0n) is 19.8. The molecule has 0 aromatic heterocycles. The third-order valence-electron chi connectivity index (χ3n) is 4.61. The third-order valence-corrected chi connectivity index (χ3v) is 5.63. The minimum atomic E-state index is -0.623. The Balaban J connectivity index is 1.98. The number of nitrogens with zero attached hydrogens (tertiary/aromatic N) is 1. The molecule has 0 atom stereocenters. The summed E-state index contributed by atoms with van der Waals surface area (Å²) in [4.78, 5) is 17.7. The molecule has 3 rings (SSSR count). The fourth-order valence-corrected chi connectivity index (χ4v) is 4.24. The van der Waals surface area contributed by atoms with Crippen molar-refractivity contribution in [3.63, 3.8) is 0 Å². The van der Waals surface area contributed by atoms with Crippen LogP contribution in [-0.2, 0) is 9.53 Å². The largest absolute Gasteiger partial charge is 0.506 e. The van der Waals surface area contributed by atoms with Gasteiger partial charge in [0.25, 0.3) is 0 Å². The molecule has 0 saturated heterocycles. The predicted molar refractivity (Wildman–Crippen MR) is 135 cm³/mol. The average Bonchev–Trinajstić information content (AvgIpc) is 3.12. The highest BCUT2D eigenvalue weighted by atomic mass is 32.2. The predicted octanol–water partition coefficient (Wildman–Crippen LogP) is 6.08. The number of aliphatic hydroxyl groups is 1. The lowest BCUT2D eigenvalue weighted by Crippen LogP contribution is -2.12. The van der Waals surface area contributed by atoms with Gasteiger partial charge in [0.1, 0.15) is 22.1 Å². The normalized spacial score (nSPS) is 15.6. The van der Waals surface area contributed by atoms with Gasteiger partial charge in [-0.05, 0) is 75.7 Å². The number of hydrogen-bond donors (Lipinski definition) is 1. The molecule has 2 aromatic carbocycles. The van der Waals surface area contributed by atoms with E-state index in [0.29, 0.717) is 47.0 Å². The number of thioether (sulfide) groups is 1. The van der Waals surface area contributed by atoms with Gasteiger partial charge in [-0.3, -0.25) is 0 Å². The van der Waals surface area contributed by atoms with Crippen molar-refractivity contribution in [1.29, 1.82) is 0 Å². The molecule has 0 fully saturated rings. The molecule has 0 amide bonds. The zero-order valence-corrected chi connectivity index (χ0v) is 20.6. The number of hydrogen-bond acceptors (Lipinski definition) is 8. The molecule has 1 N–H and O–H groups in total. The van der Waals surface area contributed by atoms with Crippen LogP contribution in [0.15, 0.2) is 63.7 Å².